The zero-order valence-electron chi connectivity index (χ0n) is 12.2. The van der Waals surface area contributed by atoms with E-state index in [2.05, 4.69) is 5.32 Å². The zero-order chi connectivity index (χ0) is 15.2. The lowest BCUT2D eigenvalue weighted by Gasteiger charge is -2.38. The van der Waals surface area contributed by atoms with Crippen molar-refractivity contribution < 1.29 is 23.9 Å². The number of carbonyl (C=O) groups excluding carboxylic acids is 3. The molecule has 20 heavy (non-hydrogen) atoms. The maximum absolute atomic E-state index is 12.4. The van der Waals surface area contributed by atoms with Gasteiger partial charge in [-0.15, -0.1) is 0 Å². The number of imide groups is 2. The Morgan fingerprint density at radius 3 is 2.30 bits per heavy atom. The normalized spacial score (nSPS) is 18.4. The maximum Gasteiger partial charge on any atom is 0.330 e. The molecule has 0 spiro atoms. The Morgan fingerprint density at radius 2 is 1.75 bits per heavy atom. The summed E-state index contributed by atoms with van der Waals surface area (Å²) in [6.07, 6.45) is 0.727. The molecule has 0 bridgehead atoms. The molecule has 4 amide bonds. The standard InChI is InChI=1S/C13H22N2O5/c1-4-13(5-2)10(16)14-12(18)15(11(13)17)6-7-20-9-8-19-3/h4-9H2,1-3H3,(H,14,16,18). The predicted octanol–water partition coefficient (Wildman–Crippen LogP) is 0.534. The first-order chi connectivity index (χ1) is 9.53. The molecule has 7 heteroatoms. The van der Waals surface area contributed by atoms with Gasteiger partial charge in [-0.25, -0.2) is 4.79 Å². The van der Waals surface area contributed by atoms with Gasteiger partial charge in [-0.2, -0.15) is 0 Å². The van der Waals surface area contributed by atoms with Crippen LogP contribution in [-0.4, -0.2) is 56.2 Å². The van der Waals surface area contributed by atoms with Gasteiger partial charge < -0.3 is 9.47 Å². The number of hydrogen-bond acceptors (Lipinski definition) is 5. The molecule has 0 aromatic rings. The summed E-state index contributed by atoms with van der Waals surface area (Å²) in [7, 11) is 1.56. The molecule has 1 heterocycles. The number of nitrogens with zero attached hydrogens (tertiary/aromatic N) is 1. The molecule has 0 radical (unpaired) electrons. The molecule has 0 aliphatic carbocycles. The molecule has 0 aromatic carbocycles. The lowest BCUT2D eigenvalue weighted by atomic mass is 9.78. The summed E-state index contributed by atoms with van der Waals surface area (Å²) in [4.78, 5) is 37.2. The lowest BCUT2D eigenvalue weighted by Crippen LogP contribution is -2.64. The quantitative estimate of drug-likeness (QED) is 0.520. The second-order valence-electron chi connectivity index (χ2n) is 4.61. The minimum atomic E-state index is -1.14. The third-order valence-electron chi connectivity index (χ3n) is 3.65. The van der Waals surface area contributed by atoms with Gasteiger partial charge in [0.1, 0.15) is 5.41 Å². The van der Waals surface area contributed by atoms with Crippen molar-refractivity contribution in [3.63, 3.8) is 0 Å². The van der Waals surface area contributed by atoms with E-state index in [0.717, 1.165) is 4.90 Å². The zero-order valence-corrected chi connectivity index (χ0v) is 12.2. The Balaban J connectivity index is 2.68. The van der Waals surface area contributed by atoms with E-state index >= 15 is 0 Å². The van der Waals surface area contributed by atoms with Crippen LogP contribution < -0.4 is 5.32 Å². The number of amides is 4. The smallest absolute Gasteiger partial charge is 0.330 e. The van der Waals surface area contributed by atoms with Gasteiger partial charge in [0, 0.05) is 7.11 Å². The summed E-state index contributed by atoms with van der Waals surface area (Å²) in [6, 6.07) is -0.673. The highest BCUT2D eigenvalue weighted by Gasteiger charge is 2.51. The Hall–Kier alpha value is -1.47. The highest BCUT2D eigenvalue weighted by Crippen LogP contribution is 2.32. The second-order valence-corrected chi connectivity index (χ2v) is 4.61. The van der Waals surface area contributed by atoms with Crippen molar-refractivity contribution in [2.24, 2.45) is 5.41 Å². The number of barbiturate groups is 1. The Labute approximate surface area is 118 Å². The molecule has 114 valence electrons. The molecular weight excluding hydrogens is 264 g/mol. The molecule has 1 aliphatic rings. The highest BCUT2D eigenvalue weighted by atomic mass is 16.5. The summed E-state index contributed by atoms with van der Waals surface area (Å²) in [6.45, 7) is 4.73. The summed E-state index contributed by atoms with van der Waals surface area (Å²) in [5.74, 6) is -0.944. The summed E-state index contributed by atoms with van der Waals surface area (Å²) in [5, 5.41) is 2.25. The topological polar surface area (TPSA) is 84.9 Å². The van der Waals surface area contributed by atoms with E-state index in [9.17, 15) is 14.4 Å². The van der Waals surface area contributed by atoms with Crippen molar-refractivity contribution in [3.05, 3.63) is 0 Å². The molecule has 7 nitrogen and oxygen atoms in total. The first-order valence-electron chi connectivity index (χ1n) is 6.77. The van der Waals surface area contributed by atoms with Crippen molar-refractivity contribution in [1.29, 1.82) is 0 Å². The fourth-order valence-corrected chi connectivity index (χ4v) is 2.21. The molecule has 1 fully saturated rings. The van der Waals surface area contributed by atoms with Gasteiger partial charge in [-0.05, 0) is 12.8 Å². The summed E-state index contributed by atoms with van der Waals surface area (Å²) < 4.78 is 10.1. The minimum absolute atomic E-state index is 0.128. The number of ether oxygens (including phenoxy) is 2. The first-order valence-corrected chi connectivity index (χ1v) is 6.77. The van der Waals surface area contributed by atoms with E-state index in [-0.39, 0.29) is 13.2 Å². The Kier molecular flexibility index (Phi) is 6.09. The Morgan fingerprint density at radius 1 is 1.10 bits per heavy atom. The summed E-state index contributed by atoms with van der Waals surface area (Å²) >= 11 is 0. The van der Waals surface area contributed by atoms with E-state index in [0.29, 0.717) is 26.1 Å². The van der Waals surface area contributed by atoms with Gasteiger partial charge in [0.25, 0.3) is 0 Å². The van der Waals surface area contributed by atoms with E-state index in [1.165, 1.54) is 0 Å². The minimum Gasteiger partial charge on any atom is -0.382 e. The van der Waals surface area contributed by atoms with Crippen molar-refractivity contribution in [1.82, 2.24) is 10.2 Å². The highest BCUT2D eigenvalue weighted by molar-refractivity contribution is 6.19. The number of urea groups is 1. The summed E-state index contributed by atoms with van der Waals surface area (Å²) in [5.41, 5.74) is -1.14. The van der Waals surface area contributed by atoms with Crippen molar-refractivity contribution in [2.45, 2.75) is 26.7 Å². The number of carbonyl (C=O) groups is 3. The number of methoxy groups -OCH3 is 1. The fraction of sp³-hybridized carbons (Fsp3) is 0.769. The van der Waals surface area contributed by atoms with Crippen LogP contribution in [0.4, 0.5) is 4.79 Å². The van der Waals surface area contributed by atoms with E-state index < -0.39 is 23.3 Å². The third kappa shape index (κ3) is 3.16. The molecular formula is C13H22N2O5. The molecule has 1 N–H and O–H groups in total. The predicted molar refractivity (Wildman–Crippen MR) is 71.0 cm³/mol. The molecule has 0 atom stereocenters. The fourth-order valence-electron chi connectivity index (χ4n) is 2.21. The van der Waals surface area contributed by atoms with Crippen LogP contribution in [0.5, 0.6) is 0 Å². The van der Waals surface area contributed by atoms with Crippen LogP contribution >= 0.6 is 0 Å². The monoisotopic (exact) mass is 286 g/mol. The SMILES string of the molecule is CCC1(CC)C(=O)NC(=O)N(CCOCCOC)C1=O. The molecule has 0 aromatic heterocycles. The van der Waals surface area contributed by atoms with Gasteiger partial charge in [0.2, 0.25) is 11.8 Å². The average Bonchev–Trinajstić information content (AvgIpc) is 2.43. The van der Waals surface area contributed by atoms with E-state index in [1.54, 1.807) is 21.0 Å². The average molecular weight is 286 g/mol. The van der Waals surface area contributed by atoms with Crippen molar-refractivity contribution >= 4 is 17.8 Å². The van der Waals surface area contributed by atoms with Crippen molar-refractivity contribution in [2.75, 3.05) is 33.5 Å². The third-order valence-corrected chi connectivity index (χ3v) is 3.65. The second kappa shape index (κ2) is 7.35. The van der Waals surface area contributed by atoms with Crippen LogP contribution in [-0.2, 0) is 19.1 Å². The van der Waals surface area contributed by atoms with E-state index in [1.807, 2.05) is 0 Å². The maximum atomic E-state index is 12.4. The number of nitrogens with one attached hydrogen (secondary N) is 1. The first kappa shape index (κ1) is 16.6. The van der Waals surface area contributed by atoms with Crippen LogP contribution in [0.2, 0.25) is 0 Å². The molecule has 1 saturated heterocycles. The van der Waals surface area contributed by atoms with Gasteiger partial charge in [-0.3, -0.25) is 19.8 Å². The molecule has 0 saturated carbocycles. The van der Waals surface area contributed by atoms with Crippen LogP contribution in [0.25, 0.3) is 0 Å². The molecule has 1 aliphatic heterocycles. The number of rotatable bonds is 8. The van der Waals surface area contributed by atoms with Crippen molar-refractivity contribution in [3.8, 4) is 0 Å². The van der Waals surface area contributed by atoms with Gasteiger partial charge in [-0.1, -0.05) is 13.8 Å². The van der Waals surface area contributed by atoms with Gasteiger partial charge in [0.05, 0.1) is 26.4 Å². The van der Waals surface area contributed by atoms with Gasteiger partial charge >= 0.3 is 6.03 Å². The molecule has 0 unspecified atom stereocenters. The van der Waals surface area contributed by atoms with E-state index in [4.69, 9.17) is 9.47 Å². The van der Waals surface area contributed by atoms with Crippen LogP contribution in [0.1, 0.15) is 26.7 Å². The van der Waals surface area contributed by atoms with Crippen LogP contribution in [0.15, 0.2) is 0 Å². The molecule has 1 rings (SSSR count). The van der Waals surface area contributed by atoms with Crippen LogP contribution in [0.3, 0.4) is 0 Å². The lowest BCUT2D eigenvalue weighted by molar-refractivity contribution is -0.152. The largest absolute Gasteiger partial charge is 0.382 e. The number of hydrogen-bond donors (Lipinski definition) is 1. The van der Waals surface area contributed by atoms with Crippen LogP contribution in [0, 0.1) is 5.41 Å². The van der Waals surface area contributed by atoms with Gasteiger partial charge in [0.15, 0.2) is 0 Å². The Bertz CT molecular complexity index is 379.